The van der Waals surface area contributed by atoms with Gasteiger partial charge in [0.25, 0.3) is 0 Å². The Morgan fingerprint density at radius 3 is 2.44 bits per heavy atom. The maximum Gasteiger partial charge on any atom is 0.326 e. The lowest BCUT2D eigenvalue weighted by atomic mass is 9.91. The molecule has 134 valence electrons. The number of hydrogen-bond donors (Lipinski definition) is 2. The van der Waals surface area contributed by atoms with E-state index in [-0.39, 0.29) is 24.7 Å². The fourth-order valence-corrected chi connectivity index (χ4v) is 2.95. The Morgan fingerprint density at radius 1 is 1.24 bits per heavy atom. The molecule has 1 aliphatic rings. The zero-order valence-corrected chi connectivity index (χ0v) is 14.2. The average Bonchev–Trinajstić information content (AvgIpc) is 2.60. The fourth-order valence-electron chi connectivity index (χ4n) is 2.95. The fraction of sp³-hybridized carbons (Fsp3) is 0.389. The topological polar surface area (TPSA) is 86.7 Å². The normalized spacial score (nSPS) is 20.9. The van der Waals surface area contributed by atoms with Crippen LogP contribution in [0.25, 0.3) is 5.57 Å². The molecule has 2 N–H and O–H groups in total. The first-order chi connectivity index (χ1) is 11.8. The van der Waals surface area contributed by atoms with Gasteiger partial charge in [0, 0.05) is 19.7 Å². The summed E-state index contributed by atoms with van der Waals surface area (Å²) in [5.41, 5.74) is 1.26. The number of carboxylic acid groups (broad SMARTS) is 1. The van der Waals surface area contributed by atoms with Crippen molar-refractivity contribution in [3.05, 3.63) is 41.7 Å². The minimum absolute atomic E-state index is 0.0582. The molecule has 1 fully saturated rings. The molecule has 0 unspecified atom stereocenters. The van der Waals surface area contributed by atoms with E-state index in [2.05, 4.69) is 5.32 Å². The number of nitrogens with one attached hydrogen (secondary N) is 1. The highest BCUT2D eigenvalue weighted by Gasteiger charge is 2.37. The third-order valence-corrected chi connectivity index (χ3v) is 4.41. The van der Waals surface area contributed by atoms with Crippen LogP contribution in [0.4, 0.5) is 4.39 Å². The zero-order valence-electron chi connectivity index (χ0n) is 14.2. The van der Waals surface area contributed by atoms with Crippen LogP contribution in [0, 0.1) is 11.7 Å². The summed E-state index contributed by atoms with van der Waals surface area (Å²) in [5.74, 6) is -2.57. The summed E-state index contributed by atoms with van der Waals surface area (Å²) in [6.07, 6.45) is 1.97. The average molecular weight is 348 g/mol. The van der Waals surface area contributed by atoms with Crippen molar-refractivity contribution in [2.75, 3.05) is 13.6 Å². The highest BCUT2D eigenvalue weighted by molar-refractivity contribution is 5.97. The SMILES string of the molecule is CNC(=O)[C@H]1CC[C@@H](C(=O)O)N(C(=O)/C=C(\C)c2ccc(F)cc2)C1. The van der Waals surface area contributed by atoms with Gasteiger partial charge in [-0.25, -0.2) is 9.18 Å². The molecule has 2 rings (SSSR count). The third-order valence-electron chi connectivity index (χ3n) is 4.41. The third kappa shape index (κ3) is 4.43. The van der Waals surface area contributed by atoms with Crippen LogP contribution in [0.3, 0.4) is 0 Å². The smallest absolute Gasteiger partial charge is 0.326 e. The first kappa shape index (κ1) is 18.6. The number of nitrogens with zero attached hydrogens (tertiary/aromatic N) is 1. The number of carbonyl (C=O) groups excluding carboxylic acids is 2. The molecule has 1 aromatic carbocycles. The number of piperidine rings is 1. The van der Waals surface area contributed by atoms with E-state index in [4.69, 9.17) is 0 Å². The lowest BCUT2D eigenvalue weighted by molar-refractivity contribution is -0.152. The van der Waals surface area contributed by atoms with Crippen molar-refractivity contribution in [2.24, 2.45) is 5.92 Å². The van der Waals surface area contributed by atoms with Crippen molar-refractivity contribution < 1.29 is 23.9 Å². The Bertz CT molecular complexity index is 700. The second-order valence-electron chi connectivity index (χ2n) is 6.07. The van der Waals surface area contributed by atoms with E-state index < -0.39 is 23.8 Å². The number of likely N-dealkylation sites (tertiary alicyclic amines) is 1. The Hall–Kier alpha value is -2.70. The highest BCUT2D eigenvalue weighted by atomic mass is 19.1. The molecule has 1 aromatic rings. The van der Waals surface area contributed by atoms with Crippen molar-refractivity contribution >= 4 is 23.4 Å². The summed E-state index contributed by atoms with van der Waals surface area (Å²) in [5, 5.41) is 11.9. The van der Waals surface area contributed by atoms with E-state index in [0.717, 1.165) is 0 Å². The molecule has 0 saturated carbocycles. The monoisotopic (exact) mass is 348 g/mol. The first-order valence-electron chi connectivity index (χ1n) is 8.02. The predicted octanol–water partition coefficient (Wildman–Crippen LogP) is 1.67. The van der Waals surface area contributed by atoms with E-state index in [1.165, 1.54) is 30.2 Å². The first-order valence-corrected chi connectivity index (χ1v) is 8.02. The van der Waals surface area contributed by atoms with Gasteiger partial charge in [-0.2, -0.15) is 0 Å². The van der Waals surface area contributed by atoms with Crippen LogP contribution in [0.2, 0.25) is 0 Å². The minimum Gasteiger partial charge on any atom is -0.480 e. The Kier molecular flexibility index (Phi) is 5.90. The van der Waals surface area contributed by atoms with Crippen molar-refractivity contribution in [3.8, 4) is 0 Å². The molecule has 1 aliphatic heterocycles. The summed E-state index contributed by atoms with van der Waals surface area (Å²) in [6.45, 7) is 1.75. The molecule has 1 heterocycles. The largest absolute Gasteiger partial charge is 0.480 e. The number of benzene rings is 1. The summed E-state index contributed by atoms with van der Waals surface area (Å²) in [4.78, 5) is 37.1. The van der Waals surface area contributed by atoms with Crippen LogP contribution in [-0.4, -0.2) is 47.4 Å². The van der Waals surface area contributed by atoms with Crippen LogP contribution < -0.4 is 5.32 Å². The van der Waals surface area contributed by atoms with Crippen LogP contribution in [0.15, 0.2) is 30.3 Å². The number of halogens is 1. The summed E-state index contributed by atoms with van der Waals surface area (Å²) < 4.78 is 13.0. The van der Waals surface area contributed by atoms with Crippen molar-refractivity contribution in [1.82, 2.24) is 10.2 Å². The van der Waals surface area contributed by atoms with Gasteiger partial charge in [-0.1, -0.05) is 12.1 Å². The summed E-state index contributed by atoms with van der Waals surface area (Å²) in [7, 11) is 1.51. The number of hydrogen-bond acceptors (Lipinski definition) is 3. The van der Waals surface area contributed by atoms with E-state index >= 15 is 0 Å². The number of rotatable bonds is 4. The number of amides is 2. The predicted molar refractivity (Wildman–Crippen MR) is 90.0 cm³/mol. The molecule has 2 amide bonds. The van der Waals surface area contributed by atoms with Gasteiger partial charge in [-0.15, -0.1) is 0 Å². The quantitative estimate of drug-likeness (QED) is 0.811. The van der Waals surface area contributed by atoms with Gasteiger partial charge >= 0.3 is 5.97 Å². The molecule has 0 radical (unpaired) electrons. The Morgan fingerprint density at radius 2 is 1.88 bits per heavy atom. The highest BCUT2D eigenvalue weighted by Crippen LogP contribution is 2.24. The number of carboxylic acids is 1. The molecule has 0 aliphatic carbocycles. The molecule has 2 atom stereocenters. The number of aliphatic carboxylic acids is 1. The Balaban J connectivity index is 2.22. The number of carbonyl (C=O) groups is 3. The molecule has 25 heavy (non-hydrogen) atoms. The van der Waals surface area contributed by atoms with Crippen molar-refractivity contribution in [2.45, 2.75) is 25.8 Å². The van der Waals surface area contributed by atoms with E-state index in [9.17, 15) is 23.9 Å². The second-order valence-corrected chi connectivity index (χ2v) is 6.07. The molecule has 0 aromatic heterocycles. The second kappa shape index (κ2) is 7.92. The minimum atomic E-state index is -1.09. The van der Waals surface area contributed by atoms with Crippen molar-refractivity contribution in [1.29, 1.82) is 0 Å². The van der Waals surface area contributed by atoms with Gasteiger partial charge in [0.1, 0.15) is 11.9 Å². The number of allylic oxidation sites excluding steroid dienone is 1. The van der Waals surface area contributed by atoms with Gasteiger partial charge in [-0.05, 0) is 43.0 Å². The summed E-state index contributed by atoms with van der Waals surface area (Å²) in [6, 6.07) is 4.73. The van der Waals surface area contributed by atoms with E-state index in [1.807, 2.05) is 0 Å². The molecule has 0 spiro atoms. The lowest BCUT2D eigenvalue weighted by Crippen LogP contribution is -2.52. The maximum absolute atomic E-state index is 13.0. The standard InChI is InChI=1S/C18H21FN2O4/c1-11(12-3-6-14(19)7-4-12)9-16(22)21-10-13(17(23)20-2)5-8-15(21)18(24)25/h3-4,6-7,9,13,15H,5,8,10H2,1-2H3,(H,20,23)(H,24,25)/b11-9+/t13-,15-/m0/s1. The van der Waals surface area contributed by atoms with Gasteiger partial charge in [-0.3, -0.25) is 9.59 Å². The van der Waals surface area contributed by atoms with E-state index in [1.54, 1.807) is 19.1 Å². The molecule has 0 bridgehead atoms. The van der Waals surface area contributed by atoms with Crippen LogP contribution in [0.1, 0.15) is 25.3 Å². The Labute approximate surface area is 145 Å². The lowest BCUT2D eigenvalue weighted by Gasteiger charge is -2.36. The van der Waals surface area contributed by atoms with Crippen molar-refractivity contribution in [3.63, 3.8) is 0 Å². The summed E-state index contributed by atoms with van der Waals surface area (Å²) >= 11 is 0. The van der Waals surface area contributed by atoms with Gasteiger partial charge < -0.3 is 15.3 Å². The van der Waals surface area contributed by atoms with Gasteiger partial charge in [0.05, 0.1) is 5.92 Å². The van der Waals surface area contributed by atoms with Gasteiger partial charge in [0.15, 0.2) is 0 Å². The van der Waals surface area contributed by atoms with Gasteiger partial charge in [0.2, 0.25) is 11.8 Å². The van der Waals surface area contributed by atoms with Crippen LogP contribution >= 0.6 is 0 Å². The molecule has 6 nitrogen and oxygen atoms in total. The molecular formula is C18H21FN2O4. The van der Waals surface area contributed by atoms with Crippen LogP contribution in [-0.2, 0) is 14.4 Å². The molecule has 1 saturated heterocycles. The maximum atomic E-state index is 13.0. The zero-order chi connectivity index (χ0) is 18.6. The molecular weight excluding hydrogens is 327 g/mol. The van der Waals surface area contributed by atoms with Crippen LogP contribution in [0.5, 0.6) is 0 Å². The molecule has 7 heteroatoms. The van der Waals surface area contributed by atoms with E-state index in [0.29, 0.717) is 17.6 Å².